The lowest BCUT2D eigenvalue weighted by molar-refractivity contribution is 0.0589. The largest absolute Gasteiger partial charge is 0.464 e. The molecule has 0 aliphatic carbocycles. The molecule has 3 heteroatoms. The summed E-state index contributed by atoms with van der Waals surface area (Å²) in [5, 5.41) is 0. The third kappa shape index (κ3) is 5.04. The van der Waals surface area contributed by atoms with Gasteiger partial charge < -0.3 is 9.30 Å². The van der Waals surface area contributed by atoms with Gasteiger partial charge in [-0.3, -0.25) is 0 Å². The van der Waals surface area contributed by atoms with Crippen molar-refractivity contribution in [2.45, 2.75) is 58.8 Å². The fourth-order valence-corrected chi connectivity index (χ4v) is 2.87. The van der Waals surface area contributed by atoms with Crippen molar-refractivity contribution < 1.29 is 9.53 Å². The molecule has 0 fully saturated rings. The van der Waals surface area contributed by atoms with Crippen LogP contribution in [0.3, 0.4) is 0 Å². The van der Waals surface area contributed by atoms with Crippen LogP contribution in [0.15, 0.2) is 24.3 Å². The normalized spacial score (nSPS) is 11.0. The molecule has 0 aromatic carbocycles. The van der Waals surface area contributed by atoms with Crippen LogP contribution >= 0.6 is 0 Å². The molecule has 0 radical (unpaired) electrons. The maximum Gasteiger partial charge on any atom is 0.354 e. The van der Waals surface area contributed by atoms with Gasteiger partial charge in [-0.25, -0.2) is 4.79 Å². The maximum atomic E-state index is 11.7. The number of nitrogens with zero attached hydrogens (tertiary/aromatic N) is 1. The van der Waals surface area contributed by atoms with Crippen molar-refractivity contribution in [3.63, 3.8) is 0 Å². The van der Waals surface area contributed by atoms with Crippen LogP contribution < -0.4 is 0 Å². The quantitative estimate of drug-likeness (QED) is 0.454. The van der Waals surface area contributed by atoms with Gasteiger partial charge in [0.05, 0.1) is 7.11 Å². The monoisotopic (exact) mass is 305 g/mol. The second-order valence-corrected chi connectivity index (χ2v) is 6.08. The molecule has 124 valence electrons. The molecule has 0 bridgehead atoms. The molecule has 0 unspecified atom stereocenters. The van der Waals surface area contributed by atoms with Gasteiger partial charge in [0.25, 0.3) is 0 Å². The van der Waals surface area contributed by atoms with Crippen LogP contribution in [0, 0.1) is 5.92 Å². The Morgan fingerprint density at radius 3 is 2.32 bits per heavy atom. The maximum absolute atomic E-state index is 11.7. The second kappa shape index (κ2) is 9.50. The van der Waals surface area contributed by atoms with Crippen LogP contribution in [0.25, 0.3) is 0 Å². The van der Waals surface area contributed by atoms with Crippen LogP contribution in [0.1, 0.15) is 68.6 Å². The molecule has 0 saturated carbocycles. The van der Waals surface area contributed by atoms with Gasteiger partial charge in [-0.05, 0) is 30.9 Å². The molecule has 0 saturated heterocycles. The van der Waals surface area contributed by atoms with Gasteiger partial charge in [0, 0.05) is 19.2 Å². The summed E-state index contributed by atoms with van der Waals surface area (Å²) in [6.45, 7) is 8.81. The summed E-state index contributed by atoms with van der Waals surface area (Å²) in [7, 11) is 3.33. The highest BCUT2D eigenvalue weighted by Gasteiger charge is 2.16. The first kappa shape index (κ1) is 18.5. The minimum atomic E-state index is -0.284. The number of esters is 1. The first-order valence-electron chi connectivity index (χ1n) is 8.45. The van der Waals surface area contributed by atoms with E-state index in [2.05, 4.69) is 20.4 Å². The summed E-state index contributed by atoms with van der Waals surface area (Å²) in [6.07, 6.45) is 8.26. The molecule has 0 atom stereocenters. The summed E-state index contributed by atoms with van der Waals surface area (Å²) in [4.78, 5) is 11.7. The Labute approximate surface area is 135 Å². The number of rotatable bonds is 10. The van der Waals surface area contributed by atoms with Crippen molar-refractivity contribution >= 4 is 5.97 Å². The zero-order valence-electron chi connectivity index (χ0n) is 14.7. The van der Waals surface area contributed by atoms with E-state index < -0.39 is 0 Å². The van der Waals surface area contributed by atoms with E-state index in [0.29, 0.717) is 11.6 Å². The van der Waals surface area contributed by atoms with E-state index in [1.165, 1.54) is 51.2 Å². The standard InChI is InChI=1S/C19H31NO2/c1-6-8-10-16(11-9-7-2)15(3)14-17-12-13-18(20(17)4)19(21)22-5/h12-13,16H,3,6-11,14H2,1-2,4-5H3. The summed E-state index contributed by atoms with van der Waals surface area (Å²) in [5.74, 6) is 0.309. The molecular formula is C19H31NO2. The lowest BCUT2D eigenvalue weighted by Crippen LogP contribution is -2.12. The minimum Gasteiger partial charge on any atom is -0.464 e. The van der Waals surface area contributed by atoms with Crippen molar-refractivity contribution in [3.05, 3.63) is 35.7 Å². The number of unbranched alkanes of at least 4 members (excludes halogenated alkanes) is 2. The number of carbonyl (C=O) groups is 1. The number of allylic oxidation sites excluding steroid dienone is 1. The first-order valence-corrected chi connectivity index (χ1v) is 8.45. The topological polar surface area (TPSA) is 31.2 Å². The second-order valence-electron chi connectivity index (χ2n) is 6.08. The molecule has 1 aromatic rings. The number of ether oxygens (including phenoxy) is 1. The van der Waals surface area contributed by atoms with Gasteiger partial charge in [-0.2, -0.15) is 0 Å². The molecule has 0 spiro atoms. The van der Waals surface area contributed by atoms with E-state index in [4.69, 9.17) is 4.74 Å². The molecular weight excluding hydrogens is 274 g/mol. The number of hydrogen-bond acceptors (Lipinski definition) is 2. The van der Waals surface area contributed by atoms with Gasteiger partial charge >= 0.3 is 5.97 Å². The molecule has 1 heterocycles. The van der Waals surface area contributed by atoms with Crippen LogP contribution in [-0.2, 0) is 18.2 Å². The Kier molecular flexibility index (Phi) is 8.00. The average molecular weight is 305 g/mol. The summed E-state index contributed by atoms with van der Waals surface area (Å²) in [6, 6.07) is 3.84. The number of carbonyl (C=O) groups excluding carboxylic acids is 1. The number of hydrogen-bond donors (Lipinski definition) is 0. The fourth-order valence-electron chi connectivity index (χ4n) is 2.87. The van der Waals surface area contributed by atoms with Crippen LogP contribution in [-0.4, -0.2) is 17.6 Å². The van der Waals surface area contributed by atoms with E-state index in [1.54, 1.807) is 0 Å². The first-order chi connectivity index (χ1) is 10.5. The lowest BCUT2D eigenvalue weighted by atomic mass is 9.87. The predicted octanol–water partition coefficient (Wildman–Crippen LogP) is 4.91. The smallest absolute Gasteiger partial charge is 0.354 e. The van der Waals surface area contributed by atoms with Gasteiger partial charge in [0.15, 0.2) is 0 Å². The molecule has 0 amide bonds. The van der Waals surface area contributed by atoms with Crippen molar-refractivity contribution in [3.8, 4) is 0 Å². The van der Waals surface area contributed by atoms with Crippen LogP contribution in [0.4, 0.5) is 0 Å². The molecule has 1 rings (SSSR count). The van der Waals surface area contributed by atoms with E-state index in [-0.39, 0.29) is 5.97 Å². The lowest BCUT2D eigenvalue weighted by Gasteiger charge is -2.20. The Morgan fingerprint density at radius 2 is 1.82 bits per heavy atom. The molecule has 22 heavy (non-hydrogen) atoms. The van der Waals surface area contributed by atoms with Gasteiger partial charge in [-0.1, -0.05) is 51.7 Å². The van der Waals surface area contributed by atoms with Gasteiger partial charge in [0.2, 0.25) is 0 Å². The summed E-state index contributed by atoms with van der Waals surface area (Å²) >= 11 is 0. The third-order valence-electron chi connectivity index (χ3n) is 4.42. The Hall–Kier alpha value is -1.51. The van der Waals surface area contributed by atoms with Crippen molar-refractivity contribution in [2.75, 3.05) is 7.11 Å². The van der Waals surface area contributed by atoms with E-state index in [1.807, 2.05) is 23.7 Å². The molecule has 0 N–H and O–H groups in total. The molecule has 0 aliphatic rings. The summed E-state index contributed by atoms with van der Waals surface area (Å²) in [5.41, 5.74) is 3.02. The Balaban J connectivity index is 2.75. The number of methoxy groups -OCH3 is 1. The van der Waals surface area contributed by atoms with Crippen molar-refractivity contribution in [1.82, 2.24) is 4.57 Å². The SMILES string of the molecule is C=C(Cc1ccc(C(=O)OC)n1C)C(CCCC)CCCC. The zero-order valence-corrected chi connectivity index (χ0v) is 14.7. The van der Waals surface area contributed by atoms with E-state index in [9.17, 15) is 4.79 Å². The van der Waals surface area contributed by atoms with Gasteiger partial charge in [-0.15, -0.1) is 0 Å². The van der Waals surface area contributed by atoms with Gasteiger partial charge in [0.1, 0.15) is 5.69 Å². The van der Waals surface area contributed by atoms with Crippen molar-refractivity contribution in [1.29, 1.82) is 0 Å². The van der Waals surface area contributed by atoms with Crippen molar-refractivity contribution in [2.24, 2.45) is 13.0 Å². The molecule has 0 aliphatic heterocycles. The van der Waals surface area contributed by atoms with Crippen LogP contribution in [0.2, 0.25) is 0 Å². The summed E-state index contributed by atoms with van der Waals surface area (Å²) < 4.78 is 6.73. The molecule has 1 aromatic heterocycles. The third-order valence-corrected chi connectivity index (χ3v) is 4.42. The predicted molar refractivity (Wildman–Crippen MR) is 92.1 cm³/mol. The highest BCUT2D eigenvalue weighted by atomic mass is 16.5. The van der Waals surface area contributed by atoms with Crippen LogP contribution in [0.5, 0.6) is 0 Å². The van der Waals surface area contributed by atoms with E-state index >= 15 is 0 Å². The number of aromatic nitrogens is 1. The highest BCUT2D eigenvalue weighted by Crippen LogP contribution is 2.26. The molecule has 3 nitrogen and oxygen atoms in total. The zero-order chi connectivity index (χ0) is 16.5. The average Bonchev–Trinajstić information content (AvgIpc) is 2.87. The van der Waals surface area contributed by atoms with E-state index in [0.717, 1.165) is 12.1 Å². The Bertz CT molecular complexity index is 480. The fraction of sp³-hybridized carbons (Fsp3) is 0.632. The highest BCUT2D eigenvalue weighted by molar-refractivity contribution is 5.87. The Morgan fingerprint density at radius 1 is 1.23 bits per heavy atom. The minimum absolute atomic E-state index is 0.284.